The average molecular weight is 286 g/mol. The van der Waals surface area contributed by atoms with E-state index in [2.05, 4.69) is 36.4 Å². The van der Waals surface area contributed by atoms with Crippen molar-refractivity contribution in [2.24, 2.45) is 0 Å². The van der Waals surface area contributed by atoms with E-state index in [9.17, 15) is 0 Å². The highest BCUT2D eigenvalue weighted by molar-refractivity contribution is 5.39. The highest BCUT2D eigenvalue weighted by Crippen LogP contribution is 2.23. The van der Waals surface area contributed by atoms with Crippen LogP contribution in [-0.4, -0.2) is 21.3 Å². The maximum atomic E-state index is 5.30. The molecule has 0 heterocycles. The van der Waals surface area contributed by atoms with Crippen molar-refractivity contribution in [2.75, 3.05) is 21.3 Å². The van der Waals surface area contributed by atoms with Crippen molar-refractivity contribution in [3.8, 4) is 11.5 Å². The second kappa shape index (κ2) is 7.70. The second-order valence-corrected chi connectivity index (χ2v) is 4.97. The molecule has 3 heteroatoms. The molecule has 0 aliphatic heterocycles. The number of rotatable bonds is 7. The summed E-state index contributed by atoms with van der Waals surface area (Å²) >= 11 is 0. The van der Waals surface area contributed by atoms with Crippen molar-refractivity contribution in [1.82, 2.24) is 0 Å². The van der Waals surface area contributed by atoms with Gasteiger partial charge in [-0.3, -0.25) is 0 Å². The summed E-state index contributed by atoms with van der Waals surface area (Å²) in [6.45, 7) is 0.660. The van der Waals surface area contributed by atoms with E-state index in [0.29, 0.717) is 6.61 Å². The fourth-order valence-corrected chi connectivity index (χ4v) is 2.27. The van der Waals surface area contributed by atoms with Crippen LogP contribution in [0.2, 0.25) is 0 Å². The highest BCUT2D eigenvalue weighted by Gasteiger charge is 2.03. The molecule has 0 N–H and O–H groups in total. The minimum Gasteiger partial charge on any atom is -0.497 e. The minimum absolute atomic E-state index is 0.660. The number of benzene rings is 2. The van der Waals surface area contributed by atoms with Crippen LogP contribution in [0.5, 0.6) is 11.5 Å². The molecule has 0 radical (unpaired) electrons. The molecule has 0 bridgehead atoms. The smallest absolute Gasteiger partial charge is 0.122 e. The molecule has 2 rings (SSSR count). The Kier molecular flexibility index (Phi) is 5.64. The van der Waals surface area contributed by atoms with E-state index in [1.807, 2.05) is 6.07 Å². The van der Waals surface area contributed by atoms with Gasteiger partial charge in [-0.25, -0.2) is 0 Å². The van der Waals surface area contributed by atoms with Gasteiger partial charge in [0, 0.05) is 13.2 Å². The van der Waals surface area contributed by atoms with Crippen molar-refractivity contribution in [3.63, 3.8) is 0 Å². The van der Waals surface area contributed by atoms with E-state index < -0.39 is 0 Å². The third-order valence-electron chi connectivity index (χ3n) is 3.45. The monoisotopic (exact) mass is 286 g/mol. The molecular weight excluding hydrogens is 264 g/mol. The van der Waals surface area contributed by atoms with Gasteiger partial charge in [0.2, 0.25) is 0 Å². The normalized spacial score (nSPS) is 10.4. The molecule has 112 valence electrons. The maximum absolute atomic E-state index is 5.30. The van der Waals surface area contributed by atoms with Crippen LogP contribution in [0.3, 0.4) is 0 Å². The Morgan fingerprint density at radius 3 is 1.71 bits per heavy atom. The molecule has 0 fully saturated rings. The van der Waals surface area contributed by atoms with E-state index in [0.717, 1.165) is 24.3 Å². The van der Waals surface area contributed by atoms with E-state index in [-0.39, 0.29) is 0 Å². The molecule has 0 aliphatic rings. The molecule has 3 nitrogen and oxygen atoms in total. The Hall–Kier alpha value is -2.00. The van der Waals surface area contributed by atoms with Gasteiger partial charge in [0.05, 0.1) is 20.8 Å². The first-order valence-corrected chi connectivity index (χ1v) is 7.04. The number of ether oxygens (including phenoxy) is 3. The van der Waals surface area contributed by atoms with Gasteiger partial charge in [-0.15, -0.1) is 0 Å². The maximum Gasteiger partial charge on any atom is 0.122 e. The summed E-state index contributed by atoms with van der Waals surface area (Å²) in [5, 5.41) is 0. The van der Waals surface area contributed by atoms with Crippen LogP contribution in [0.25, 0.3) is 0 Å². The number of hydrogen-bond acceptors (Lipinski definition) is 3. The third kappa shape index (κ3) is 4.50. The summed E-state index contributed by atoms with van der Waals surface area (Å²) in [6.07, 6.45) is 1.95. The summed E-state index contributed by atoms with van der Waals surface area (Å²) in [5.74, 6) is 1.67. The van der Waals surface area contributed by atoms with Crippen LogP contribution in [0.15, 0.2) is 42.5 Å². The Morgan fingerprint density at radius 1 is 0.667 bits per heavy atom. The molecule has 0 saturated heterocycles. The van der Waals surface area contributed by atoms with Crippen LogP contribution in [0, 0.1) is 0 Å². The van der Waals surface area contributed by atoms with Gasteiger partial charge >= 0.3 is 0 Å². The predicted octanol–water partition coefficient (Wildman–Crippen LogP) is 3.64. The van der Waals surface area contributed by atoms with Crippen LogP contribution in [-0.2, 0) is 24.2 Å². The predicted molar refractivity (Wildman–Crippen MR) is 84.1 cm³/mol. The zero-order valence-corrected chi connectivity index (χ0v) is 12.9. The number of hydrogen-bond donors (Lipinski definition) is 0. The fourth-order valence-electron chi connectivity index (χ4n) is 2.27. The lowest BCUT2D eigenvalue weighted by Crippen LogP contribution is -1.95. The van der Waals surface area contributed by atoms with Gasteiger partial charge in [-0.05, 0) is 41.7 Å². The molecule has 0 saturated carbocycles. The lowest BCUT2D eigenvalue weighted by atomic mass is 10.0. The van der Waals surface area contributed by atoms with E-state index in [1.54, 1.807) is 21.3 Å². The lowest BCUT2D eigenvalue weighted by molar-refractivity contribution is 0.185. The Labute approximate surface area is 126 Å². The molecule has 0 atom stereocenters. The molecular formula is C18H22O3. The van der Waals surface area contributed by atoms with Crippen molar-refractivity contribution < 1.29 is 14.2 Å². The van der Waals surface area contributed by atoms with Crippen LogP contribution < -0.4 is 9.47 Å². The second-order valence-electron chi connectivity index (χ2n) is 4.97. The molecule has 0 unspecified atom stereocenters. The van der Waals surface area contributed by atoms with Crippen LogP contribution >= 0.6 is 0 Å². The highest BCUT2D eigenvalue weighted by atomic mass is 16.5. The van der Waals surface area contributed by atoms with Crippen LogP contribution in [0.4, 0.5) is 0 Å². The summed E-state index contributed by atoms with van der Waals surface area (Å²) in [5.41, 5.74) is 3.73. The summed E-state index contributed by atoms with van der Waals surface area (Å²) < 4.78 is 15.7. The zero-order chi connectivity index (χ0) is 15.1. The van der Waals surface area contributed by atoms with Gasteiger partial charge in [0.25, 0.3) is 0 Å². The van der Waals surface area contributed by atoms with Crippen molar-refractivity contribution in [2.45, 2.75) is 19.4 Å². The summed E-state index contributed by atoms with van der Waals surface area (Å²) in [4.78, 5) is 0. The standard InChI is InChI=1S/C18H22O3/c1-19-13-15-7-4-14(5-8-15)6-9-16-10-17(20-2)12-18(11-16)21-3/h4-5,7-8,10-12H,6,9,13H2,1-3H3. The molecule has 0 aliphatic carbocycles. The first kappa shape index (κ1) is 15.4. The fraction of sp³-hybridized carbons (Fsp3) is 0.333. The Balaban J connectivity index is 2.01. The van der Waals surface area contributed by atoms with Gasteiger partial charge in [0.15, 0.2) is 0 Å². The third-order valence-corrected chi connectivity index (χ3v) is 3.45. The van der Waals surface area contributed by atoms with Crippen molar-refractivity contribution in [3.05, 3.63) is 59.2 Å². The largest absolute Gasteiger partial charge is 0.497 e. The summed E-state index contributed by atoms with van der Waals surface area (Å²) in [7, 11) is 5.06. The van der Waals surface area contributed by atoms with E-state index >= 15 is 0 Å². The van der Waals surface area contributed by atoms with Gasteiger partial charge in [-0.2, -0.15) is 0 Å². The lowest BCUT2D eigenvalue weighted by Gasteiger charge is -2.09. The Bertz CT molecular complexity index is 539. The molecule has 0 aromatic heterocycles. The van der Waals surface area contributed by atoms with Crippen molar-refractivity contribution in [1.29, 1.82) is 0 Å². The first-order chi connectivity index (χ1) is 10.2. The van der Waals surface area contributed by atoms with Crippen LogP contribution in [0.1, 0.15) is 16.7 Å². The van der Waals surface area contributed by atoms with E-state index in [1.165, 1.54) is 16.7 Å². The molecule has 0 spiro atoms. The molecule has 21 heavy (non-hydrogen) atoms. The van der Waals surface area contributed by atoms with Gasteiger partial charge in [0.1, 0.15) is 11.5 Å². The number of aryl methyl sites for hydroxylation is 2. The molecule has 0 amide bonds. The van der Waals surface area contributed by atoms with Crippen molar-refractivity contribution >= 4 is 0 Å². The zero-order valence-electron chi connectivity index (χ0n) is 12.9. The minimum atomic E-state index is 0.660. The quantitative estimate of drug-likeness (QED) is 0.778. The Morgan fingerprint density at radius 2 is 1.19 bits per heavy atom. The summed E-state index contributed by atoms with van der Waals surface area (Å²) in [6, 6.07) is 14.6. The van der Waals surface area contributed by atoms with Gasteiger partial charge in [-0.1, -0.05) is 24.3 Å². The average Bonchev–Trinajstić information content (AvgIpc) is 2.54. The molecule has 2 aromatic carbocycles. The topological polar surface area (TPSA) is 27.7 Å². The first-order valence-electron chi connectivity index (χ1n) is 7.04. The molecule has 2 aromatic rings. The van der Waals surface area contributed by atoms with E-state index in [4.69, 9.17) is 14.2 Å². The number of methoxy groups -OCH3 is 3. The van der Waals surface area contributed by atoms with Gasteiger partial charge < -0.3 is 14.2 Å². The SMILES string of the molecule is COCc1ccc(CCc2cc(OC)cc(OC)c2)cc1.